The zero-order valence-electron chi connectivity index (χ0n) is 18.5. The van der Waals surface area contributed by atoms with Crippen LogP contribution in [-0.4, -0.2) is 28.5 Å². The number of para-hydroxylation sites is 2. The number of amides is 2. The lowest BCUT2D eigenvalue weighted by molar-refractivity contribution is -0.116. The summed E-state index contributed by atoms with van der Waals surface area (Å²) in [6.07, 6.45) is 0. The second-order valence-corrected chi connectivity index (χ2v) is 8.49. The molecule has 0 unspecified atom stereocenters. The molecule has 9 heteroatoms. The highest BCUT2D eigenvalue weighted by molar-refractivity contribution is 6.36. The first-order valence-corrected chi connectivity index (χ1v) is 11.3. The largest absolute Gasteiger partial charge is 0.497 e. The van der Waals surface area contributed by atoms with Gasteiger partial charge in [0.2, 0.25) is 5.91 Å². The number of nitrogens with one attached hydrogen (secondary N) is 2. The number of fused-ring (bicyclic) bond motifs is 1. The zero-order valence-corrected chi connectivity index (χ0v) is 20.0. The Hall–Kier alpha value is -3.55. The molecular formula is C25H22Cl2N4O3. The number of carbonyl (C=O) groups is 2. The van der Waals surface area contributed by atoms with E-state index in [9.17, 15) is 9.59 Å². The molecule has 0 bridgehead atoms. The van der Waals surface area contributed by atoms with Crippen molar-refractivity contribution in [3.05, 3.63) is 88.2 Å². The Labute approximate surface area is 206 Å². The molecule has 0 aliphatic carbocycles. The molecule has 0 saturated heterocycles. The number of ether oxygens (including phenoxy) is 1. The average molecular weight is 497 g/mol. The predicted molar refractivity (Wildman–Crippen MR) is 134 cm³/mol. The van der Waals surface area contributed by atoms with Crippen molar-refractivity contribution in [2.24, 2.45) is 0 Å². The Bertz CT molecular complexity index is 1370. The van der Waals surface area contributed by atoms with Gasteiger partial charge in [-0.2, -0.15) is 0 Å². The Morgan fingerprint density at radius 2 is 1.85 bits per heavy atom. The number of aromatic nitrogens is 2. The van der Waals surface area contributed by atoms with Crippen molar-refractivity contribution in [2.75, 3.05) is 12.4 Å². The number of anilines is 1. The van der Waals surface area contributed by atoms with Crippen molar-refractivity contribution in [2.45, 2.75) is 19.5 Å². The Morgan fingerprint density at radius 3 is 2.62 bits per heavy atom. The highest BCUT2D eigenvalue weighted by Crippen LogP contribution is 2.24. The maximum absolute atomic E-state index is 12.9. The molecule has 0 fully saturated rings. The van der Waals surface area contributed by atoms with E-state index < -0.39 is 6.04 Å². The van der Waals surface area contributed by atoms with E-state index in [0.29, 0.717) is 27.8 Å². The second-order valence-electron chi connectivity index (χ2n) is 7.64. The van der Waals surface area contributed by atoms with E-state index in [1.807, 2.05) is 24.3 Å². The smallest absolute Gasteiger partial charge is 0.253 e. The second kappa shape index (κ2) is 10.2. The van der Waals surface area contributed by atoms with Crippen LogP contribution in [0.4, 0.5) is 5.69 Å². The highest BCUT2D eigenvalue weighted by Gasteiger charge is 2.21. The van der Waals surface area contributed by atoms with E-state index in [2.05, 4.69) is 15.6 Å². The molecule has 34 heavy (non-hydrogen) atoms. The summed E-state index contributed by atoms with van der Waals surface area (Å²) < 4.78 is 7.01. The first-order chi connectivity index (χ1) is 16.4. The fourth-order valence-electron chi connectivity index (χ4n) is 3.65. The molecule has 3 aromatic carbocycles. The average Bonchev–Trinajstić information content (AvgIpc) is 3.17. The monoisotopic (exact) mass is 496 g/mol. The molecule has 1 aromatic heterocycles. The summed E-state index contributed by atoms with van der Waals surface area (Å²) in [5, 5.41) is 6.49. The molecule has 7 nitrogen and oxygen atoms in total. The first kappa shape index (κ1) is 23.6. The summed E-state index contributed by atoms with van der Waals surface area (Å²) in [5.41, 5.74) is 2.42. The van der Waals surface area contributed by atoms with Gasteiger partial charge in [-0.3, -0.25) is 9.59 Å². The molecule has 1 atom stereocenters. The third kappa shape index (κ3) is 5.16. The van der Waals surface area contributed by atoms with Crippen LogP contribution in [0.3, 0.4) is 0 Å². The molecule has 0 aliphatic rings. The van der Waals surface area contributed by atoms with Crippen LogP contribution >= 0.6 is 23.2 Å². The van der Waals surface area contributed by atoms with Gasteiger partial charge in [-0.15, -0.1) is 0 Å². The normalized spacial score (nSPS) is 11.8. The van der Waals surface area contributed by atoms with Gasteiger partial charge in [-0.05, 0) is 49.4 Å². The number of nitrogens with zero attached hydrogens (tertiary/aromatic N) is 2. The van der Waals surface area contributed by atoms with Crippen LogP contribution in [0.25, 0.3) is 11.0 Å². The van der Waals surface area contributed by atoms with Gasteiger partial charge < -0.3 is 19.9 Å². The van der Waals surface area contributed by atoms with Gasteiger partial charge in [0, 0.05) is 16.8 Å². The van der Waals surface area contributed by atoms with E-state index >= 15 is 0 Å². The Kier molecular flexibility index (Phi) is 7.05. The van der Waals surface area contributed by atoms with Crippen molar-refractivity contribution in [1.29, 1.82) is 0 Å². The van der Waals surface area contributed by atoms with Crippen molar-refractivity contribution in [1.82, 2.24) is 14.9 Å². The standard InChI is InChI=1S/C25H22Cl2N4O3/c1-15(28-25(33)19-11-10-16(26)12-20(19)27)24-30-21-8-3-4-9-22(21)31(24)14-23(32)29-17-6-5-7-18(13-17)34-2/h3-13,15H,14H2,1-2H3,(H,28,33)(H,29,32)/t15-/m1/s1. The minimum atomic E-state index is -0.503. The molecule has 2 amide bonds. The van der Waals surface area contributed by atoms with Crippen LogP contribution < -0.4 is 15.4 Å². The van der Waals surface area contributed by atoms with Crippen molar-refractivity contribution in [3.8, 4) is 5.75 Å². The molecule has 0 saturated carbocycles. The van der Waals surface area contributed by atoms with E-state index in [0.717, 1.165) is 11.0 Å². The lowest BCUT2D eigenvalue weighted by Crippen LogP contribution is -2.30. The molecule has 0 spiro atoms. The third-order valence-corrected chi connectivity index (χ3v) is 5.80. The number of rotatable bonds is 7. The van der Waals surface area contributed by atoms with Crippen LogP contribution in [0.15, 0.2) is 66.7 Å². The molecule has 0 radical (unpaired) electrons. The van der Waals surface area contributed by atoms with Gasteiger partial charge in [0.05, 0.1) is 34.8 Å². The molecule has 2 N–H and O–H groups in total. The quantitative estimate of drug-likeness (QED) is 0.354. The minimum Gasteiger partial charge on any atom is -0.497 e. The minimum absolute atomic E-state index is 0.00890. The topological polar surface area (TPSA) is 85.2 Å². The number of carbonyl (C=O) groups excluding carboxylic acids is 2. The molecule has 1 heterocycles. The van der Waals surface area contributed by atoms with E-state index in [1.54, 1.807) is 55.0 Å². The van der Waals surface area contributed by atoms with Crippen LogP contribution in [0.5, 0.6) is 5.75 Å². The zero-order chi connectivity index (χ0) is 24.2. The molecular weight excluding hydrogens is 475 g/mol. The van der Waals surface area contributed by atoms with Crippen molar-refractivity contribution < 1.29 is 14.3 Å². The highest BCUT2D eigenvalue weighted by atomic mass is 35.5. The van der Waals surface area contributed by atoms with Gasteiger partial charge >= 0.3 is 0 Å². The van der Waals surface area contributed by atoms with Crippen LogP contribution in [0, 0.1) is 0 Å². The van der Waals surface area contributed by atoms with Gasteiger partial charge in [0.15, 0.2) is 0 Å². The predicted octanol–water partition coefficient (Wildman–Crippen LogP) is 5.48. The summed E-state index contributed by atoms with van der Waals surface area (Å²) in [6, 6.07) is 18.8. The van der Waals surface area contributed by atoms with E-state index in [1.165, 1.54) is 6.07 Å². The van der Waals surface area contributed by atoms with Crippen molar-refractivity contribution >= 4 is 51.7 Å². The lowest BCUT2D eigenvalue weighted by Gasteiger charge is -2.17. The number of imidazole rings is 1. The van der Waals surface area contributed by atoms with Crippen LogP contribution in [-0.2, 0) is 11.3 Å². The molecule has 0 aliphatic heterocycles. The van der Waals surface area contributed by atoms with Gasteiger partial charge in [-0.25, -0.2) is 4.98 Å². The number of hydrogen-bond acceptors (Lipinski definition) is 4. The maximum Gasteiger partial charge on any atom is 0.253 e. The summed E-state index contributed by atoms with van der Waals surface area (Å²) in [6.45, 7) is 1.81. The molecule has 4 aromatic rings. The number of methoxy groups -OCH3 is 1. The van der Waals surface area contributed by atoms with Crippen LogP contribution in [0.2, 0.25) is 10.0 Å². The number of halogens is 2. The van der Waals surface area contributed by atoms with Gasteiger partial charge in [0.1, 0.15) is 18.1 Å². The number of hydrogen-bond donors (Lipinski definition) is 2. The lowest BCUT2D eigenvalue weighted by atomic mass is 10.2. The van der Waals surface area contributed by atoms with Crippen molar-refractivity contribution in [3.63, 3.8) is 0 Å². The molecule has 174 valence electrons. The summed E-state index contributed by atoms with van der Waals surface area (Å²) >= 11 is 12.1. The van der Waals surface area contributed by atoms with E-state index in [-0.39, 0.29) is 23.4 Å². The van der Waals surface area contributed by atoms with E-state index in [4.69, 9.17) is 27.9 Å². The Balaban J connectivity index is 1.59. The first-order valence-electron chi connectivity index (χ1n) is 10.5. The summed E-state index contributed by atoms with van der Waals surface area (Å²) in [4.78, 5) is 30.4. The number of benzene rings is 3. The third-order valence-electron chi connectivity index (χ3n) is 5.25. The maximum atomic E-state index is 12.9. The van der Waals surface area contributed by atoms with Gasteiger partial charge in [0.25, 0.3) is 5.91 Å². The SMILES string of the molecule is COc1cccc(NC(=O)Cn2c([C@@H](C)NC(=O)c3ccc(Cl)cc3Cl)nc3ccccc32)c1. The Morgan fingerprint density at radius 1 is 1.06 bits per heavy atom. The van der Waals surface area contributed by atoms with Crippen LogP contribution in [0.1, 0.15) is 29.1 Å². The summed E-state index contributed by atoms with van der Waals surface area (Å²) in [7, 11) is 1.57. The fraction of sp³-hybridized carbons (Fsp3) is 0.160. The fourth-order valence-corrected chi connectivity index (χ4v) is 4.14. The molecule has 4 rings (SSSR count). The van der Waals surface area contributed by atoms with Gasteiger partial charge in [-0.1, -0.05) is 41.4 Å². The summed E-state index contributed by atoms with van der Waals surface area (Å²) in [5.74, 6) is 0.578.